The second-order valence-electron chi connectivity index (χ2n) is 4.26. The van der Waals surface area contributed by atoms with Gasteiger partial charge in [-0.1, -0.05) is 13.0 Å². The Hall–Kier alpha value is -2.17. The van der Waals surface area contributed by atoms with Gasteiger partial charge < -0.3 is 10.6 Å². The van der Waals surface area contributed by atoms with Crippen molar-refractivity contribution in [2.45, 2.75) is 20.3 Å². The van der Waals surface area contributed by atoms with Crippen LogP contribution in [0.15, 0.2) is 30.6 Å². The minimum atomic E-state index is -0.277. The van der Waals surface area contributed by atoms with Gasteiger partial charge in [-0.3, -0.25) is 0 Å². The molecule has 0 aliphatic heterocycles. The van der Waals surface area contributed by atoms with E-state index < -0.39 is 0 Å². The highest BCUT2D eigenvalue weighted by Crippen LogP contribution is 2.22. The predicted octanol–water partition coefficient (Wildman–Crippen LogP) is 3.49. The van der Waals surface area contributed by atoms with Crippen molar-refractivity contribution >= 4 is 17.3 Å². The molecule has 0 atom stereocenters. The summed E-state index contributed by atoms with van der Waals surface area (Å²) in [6, 6.07) is 6.29. The number of benzene rings is 1. The SMILES string of the molecule is CCCNc1ncnc(Nc2cccc(F)c2)c1C. The van der Waals surface area contributed by atoms with Crippen molar-refractivity contribution in [1.29, 1.82) is 0 Å². The van der Waals surface area contributed by atoms with Crippen LogP contribution in [0.3, 0.4) is 0 Å². The van der Waals surface area contributed by atoms with Crippen LogP contribution in [0.1, 0.15) is 18.9 Å². The molecule has 0 saturated carbocycles. The van der Waals surface area contributed by atoms with Crippen LogP contribution in [0.4, 0.5) is 21.7 Å². The number of hydrogen-bond acceptors (Lipinski definition) is 4. The summed E-state index contributed by atoms with van der Waals surface area (Å²) in [4.78, 5) is 8.39. The van der Waals surface area contributed by atoms with Gasteiger partial charge in [0, 0.05) is 17.8 Å². The summed E-state index contributed by atoms with van der Waals surface area (Å²) in [6.07, 6.45) is 2.52. The quantitative estimate of drug-likeness (QED) is 0.864. The van der Waals surface area contributed by atoms with Crippen molar-refractivity contribution in [3.63, 3.8) is 0 Å². The maximum absolute atomic E-state index is 13.1. The van der Waals surface area contributed by atoms with Gasteiger partial charge in [-0.25, -0.2) is 14.4 Å². The van der Waals surface area contributed by atoms with Gasteiger partial charge in [-0.15, -0.1) is 0 Å². The fourth-order valence-electron chi connectivity index (χ4n) is 1.70. The molecular weight excluding hydrogens is 243 g/mol. The van der Waals surface area contributed by atoms with Crippen LogP contribution in [0.5, 0.6) is 0 Å². The molecule has 1 aromatic heterocycles. The van der Waals surface area contributed by atoms with Gasteiger partial charge in [0.1, 0.15) is 23.8 Å². The van der Waals surface area contributed by atoms with Crippen molar-refractivity contribution in [1.82, 2.24) is 9.97 Å². The van der Waals surface area contributed by atoms with Gasteiger partial charge >= 0.3 is 0 Å². The number of hydrogen-bond donors (Lipinski definition) is 2. The third-order valence-electron chi connectivity index (χ3n) is 2.71. The Morgan fingerprint density at radius 3 is 2.74 bits per heavy atom. The van der Waals surface area contributed by atoms with Crippen LogP contribution in [-0.2, 0) is 0 Å². The molecule has 0 aliphatic rings. The predicted molar refractivity (Wildman–Crippen MR) is 75.2 cm³/mol. The largest absolute Gasteiger partial charge is 0.370 e. The molecule has 0 spiro atoms. The molecule has 1 aromatic carbocycles. The molecule has 100 valence electrons. The number of halogens is 1. The van der Waals surface area contributed by atoms with E-state index in [0.29, 0.717) is 11.5 Å². The summed E-state index contributed by atoms with van der Waals surface area (Å²) in [6.45, 7) is 4.88. The highest BCUT2D eigenvalue weighted by atomic mass is 19.1. The summed E-state index contributed by atoms with van der Waals surface area (Å²) >= 11 is 0. The van der Waals surface area contributed by atoms with E-state index in [-0.39, 0.29) is 5.82 Å². The molecule has 0 aliphatic carbocycles. The molecule has 0 bridgehead atoms. The van der Waals surface area contributed by atoms with Crippen molar-refractivity contribution in [3.05, 3.63) is 42.0 Å². The molecule has 2 N–H and O–H groups in total. The molecular formula is C14H17FN4. The van der Waals surface area contributed by atoms with Crippen molar-refractivity contribution in [2.24, 2.45) is 0 Å². The Labute approximate surface area is 112 Å². The molecule has 1 heterocycles. The fraction of sp³-hybridized carbons (Fsp3) is 0.286. The van der Waals surface area contributed by atoms with E-state index >= 15 is 0 Å². The van der Waals surface area contributed by atoms with Crippen LogP contribution < -0.4 is 10.6 Å². The monoisotopic (exact) mass is 260 g/mol. The molecule has 4 nitrogen and oxygen atoms in total. The molecule has 0 radical (unpaired) electrons. The molecule has 19 heavy (non-hydrogen) atoms. The average molecular weight is 260 g/mol. The van der Waals surface area contributed by atoms with Crippen LogP contribution in [0.2, 0.25) is 0 Å². The zero-order valence-corrected chi connectivity index (χ0v) is 11.1. The molecule has 2 aromatic rings. The zero-order chi connectivity index (χ0) is 13.7. The standard InChI is InChI=1S/C14H17FN4/c1-3-7-16-13-10(2)14(18-9-17-13)19-12-6-4-5-11(15)8-12/h4-6,8-9H,3,7H2,1-2H3,(H2,16,17,18,19). The van der Waals surface area contributed by atoms with E-state index in [0.717, 1.165) is 24.3 Å². The second-order valence-corrected chi connectivity index (χ2v) is 4.26. The molecule has 2 rings (SSSR count). The van der Waals surface area contributed by atoms with Crippen LogP contribution in [-0.4, -0.2) is 16.5 Å². The first-order chi connectivity index (χ1) is 9.20. The zero-order valence-electron chi connectivity index (χ0n) is 11.1. The van der Waals surface area contributed by atoms with Crippen molar-refractivity contribution < 1.29 is 4.39 Å². The van der Waals surface area contributed by atoms with E-state index in [1.807, 2.05) is 6.92 Å². The normalized spacial score (nSPS) is 10.3. The Morgan fingerprint density at radius 2 is 2.00 bits per heavy atom. The van der Waals surface area contributed by atoms with Crippen molar-refractivity contribution in [2.75, 3.05) is 17.2 Å². The van der Waals surface area contributed by atoms with Gasteiger partial charge in [0.25, 0.3) is 0 Å². The first kappa shape index (κ1) is 13.3. The van der Waals surface area contributed by atoms with Crippen LogP contribution in [0, 0.1) is 12.7 Å². The molecule has 0 unspecified atom stereocenters. The van der Waals surface area contributed by atoms with Gasteiger partial charge in [0.2, 0.25) is 0 Å². The Morgan fingerprint density at radius 1 is 1.21 bits per heavy atom. The molecule has 0 amide bonds. The minimum absolute atomic E-state index is 0.277. The van der Waals surface area contributed by atoms with E-state index in [1.165, 1.54) is 18.5 Å². The fourth-order valence-corrected chi connectivity index (χ4v) is 1.70. The van der Waals surface area contributed by atoms with Crippen LogP contribution >= 0.6 is 0 Å². The highest BCUT2D eigenvalue weighted by molar-refractivity contribution is 5.64. The lowest BCUT2D eigenvalue weighted by atomic mass is 10.2. The van der Waals surface area contributed by atoms with Gasteiger partial charge in [0.05, 0.1) is 0 Å². The average Bonchev–Trinajstić information content (AvgIpc) is 2.40. The topological polar surface area (TPSA) is 49.8 Å². The highest BCUT2D eigenvalue weighted by Gasteiger charge is 2.06. The van der Waals surface area contributed by atoms with Gasteiger partial charge in [-0.05, 0) is 31.5 Å². The summed E-state index contributed by atoms with van der Waals surface area (Å²) < 4.78 is 13.1. The first-order valence-electron chi connectivity index (χ1n) is 6.28. The Bertz CT molecular complexity index is 557. The summed E-state index contributed by atoms with van der Waals surface area (Å²) in [5.74, 6) is 1.20. The second kappa shape index (κ2) is 6.13. The number of anilines is 3. The molecule has 0 fully saturated rings. The lowest BCUT2D eigenvalue weighted by Gasteiger charge is -2.12. The number of nitrogens with one attached hydrogen (secondary N) is 2. The maximum atomic E-state index is 13.1. The number of aromatic nitrogens is 2. The van der Waals surface area contributed by atoms with E-state index in [4.69, 9.17) is 0 Å². The lowest BCUT2D eigenvalue weighted by molar-refractivity contribution is 0.628. The third-order valence-corrected chi connectivity index (χ3v) is 2.71. The third kappa shape index (κ3) is 3.40. The Kier molecular flexibility index (Phi) is 4.28. The van der Waals surface area contributed by atoms with E-state index in [2.05, 4.69) is 27.5 Å². The molecule has 5 heteroatoms. The van der Waals surface area contributed by atoms with E-state index in [9.17, 15) is 4.39 Å². The minimum Gasteiger partial charge on any atom is -0.370 e. The van der Waals surface area contributed by atoms with E-state index in [1.54, 1.807) is 12.1 Å². The molecule has 0 saturated heterocycles. The first-order valence-corrected chi connectivity index (χ1v) is 6.28. The smallest absolute Gasteiger partial charge is 0.138 e. The van der Waals surface area contributed by atoms with Gasteiger partial charge in [-0.2, -0.15) is 0 Å². The number of nitrogens with zero attached hydrogens (tertiary/aromatic N) is 2. The van der Waals surface area contributed by atoms with Crippen LogP contribution in [0.25, 0.3) is 0 Å². The summed E-state index contributed by atoms with van der Waals surface area (Å²) in [5, 5.41) is 6.33. The lowest BCUT2D eigenvalue weighted by Crippen LogP contribution is -2.06. The number of rotatable bonds is 5. The van der Waals surface area contributed by atoms with Gasteiger partial charge in [0.15, 0.2) is 0 Å². The summed E-state index contributed by atoms with van der Waals surface area (Å²) in [7, 11) is 0. The summed E-state index contributed by atoms with van der Waals surface area (Å²) in [5.41, 5.74) is 1.59. The Balaban J connectivity index is 2.20. The van der Waals surface area contributed by atoms with Crippen molar-refractivity contribution in [3.8, 4) is 0 Å². The maximum Gasteiger partial charge on any atom is 0.138 e.